The van der Waals surface area contributed by atoms with Gasteiger partial charge >= 0.3 is 6.08 Å². The van der Waals surface area contributed by atoms with E-state index >= 15 is 0 Å². The maximum Gasteiger partial charge on any atom is 0.492 e. The molecular formula is C14H2N2O2. The predicted molar refractivity (Wildman–Crippen MR) is 65.0 cm³/mol. The molecule has 18 heavy (non-hydrogen) atoms. The van der Waals surface area contributed by atoms with E-state index in [0.717, 1.165) is 0 Å². The summed E-state index contributed by atoms with van der Waals surface area (Å²) >= 11 is 0. The smallest absolute Gasteiger partial charge is 0.350 e. The first-order valence-electron chi connectivity index (χ1n) is 4.04. The SMILES string of the molecule is [C-]#[N+]N=C(OC#CC#CC#C)OC#CC#CC#C. The second-order valence-corrected chi connectivity index (χ2v) is 1.91. The van der Waals surface area contributed by atoms with Crippen molar-refractivity contribution in [2.24, 2.45) is 5.10 Å². The first-order chi connectivity index (χ1) is 8.85. The predicted octanol–water partition coefficient (Wildman–Crippen LogP) is 0.405. The second-order valence-electron chi connectivity index (χ2n) is 1.91. The number of ether oxygens (including phenoxy) is 2. The highest BCUT2D eigenvalue weighted by Gasteiger charge is 2.02. The van der Waals surface area contributed by atoms with E-state index in [4.69, 9.17) is 19.4 Å². The Bertz CT molecular complexity index is 640. The quantitative estimate of drug-likeness (QED) is 0.198. The molecule has 0 aromatic carbocycles. The monoisotopic (exact) mass is 230 g/mol. The van der Waals surface area contributed by atoms with E-state index < -0.39 is 6.08 Å². The van der Waals surface area contributed by atoms with Crippen LogP contribution in [0, 0.1) is 79.0 Å². The molecule has 0 rings (SSSR count). The van der Waals surface area contributed by atoms with Crippen LogP contribution in [-0.2, 0) is 9.47 Å². The molecule has 80 valence electrons. The van der Waals surface area contributed by atoms with Gasteiger partial charge in [-0.05, 0) is 23.7 Å². The molecule has 0 spiro atoms. The van der Waals surface area contributed by atoms with E-state index in [1.807, 2.05) is 0 Å². The number of hydrogen-bond acceptors (Lipinski definition) is 3. The van der Waals surface area contributed by atoms with Crippen LogP contribution >= 0.6 is 0 Å². The van der Waals surface area contributed by atoms with Crippen molar-refractivity contribution in [1.82, 2.24) is 0 Å². The molecule has 0 N–H and O–H groups in total. The van der Waals surface area contributed by atoms with E-state index in [-0.39, 0.29) is 0 Å². The van der Waals surface area contributed by atoms with Gasteiger partial charge in [-0.2, -0.15) is 6.57 Å². The average Bonchev–Trinajstić information content (AvgIpc) is 2.38. The van der Waals surface area contributed by atoms with Crippen LogP contribution in [0.25, 0.3) is 4.95 Å². The zero-order chi connectivity index (χ0) is 13.5. The van der Waals surface area contributed by atoms with Gasteiger partial charge in [-0.1, -0.05) is 0 Å². The van der Waals surface area contributed by atoms with Gasteiger partial charge in [0.2, 0.25) is 0 Å². The first-order valence-corrected chi connectivity index (χ1v) is 4.04. The lowest BCUT2D eigenvalue weighted by Gasteiger charge is -1.89. The van der Waals surface area contributed by atoms with E-state index in [9.17, 15) is 0 Å². The summed E-state index contributed by atoms with van der Waals surface area (Å²) in [5, 5.41) is 3.14. The maximum atomic E-state index is 6.50. The Labute approximate surface area is 105 Å². The van der Waals surface area contributed by atoms with E-state index in [1.54, 1.807) is 0 Å². The molecule has 0 aromatic heterocycles. The standard InChI is InChI=1S/C14H2N2O2/c1-4-6-8-10-12-17-14(16-15-3)18-13-11-9-7-5-2/h1-2H. The largest absolute Gasteiger partial charge is 0.492 e. The highest BCUT2D eigenvalue weighted by molar-refractivity contribution is 5.69. The Morgan fingerprint density at radius 2 is 1.39 bits per heavy atom. The number of rotatable bonds is 0. The van der Waals surface area contributed by atoms with Crippen LogP contribution in [0.5, 0.6) is 0 Å². The summed E-state index contributed by atoms with van der Waals surface area (Å²) in [6.45, 7) is 6.50. The minimum atomic E-state index is -0.449. The van der Waals surface area contributed by atoms with Gasteiger partial charge in [-0.15, -0.1) is 17.8 Å². The van der Waals surface area contributed by atoms with Gasteiger partial charge in [-0.25, -0.2) is 0 Å². The van der Waals surface area contributed by atoms with Crippen molar-refractivity contribution < 1.29 is 9.47 Å². The van der Waals surface area contributed by atoms with Crippen molar-refractivity contribution in [3.8, 4) is 72.4 Å². The topological polar surface area (TPSA) is 35.2 Å². The molecule has 0 unspecified atom stereocenters. The number of hydrogen-bond donors (Lipinski definition) is 0. The molecule has 4 nitrogen and oxygen atoms in total. The molecule has 0 fully saturated rings. The third-order valence-electron chi connectivity index (χ3n) is 0.905. The van der Waals surface area contributed by atoms with Gasteiger partial charge in [0.1, 0.15) is 12.2 Å². The van der Waals surface area contributed by atoms with Crippen LogP contribution in [0.15, 0.2) is 5.10 Å². The van der Waals surface area contributed by atoms with Crippen molar-refractivity contribution in [1.29, 1.82) is 0 Å². The molecule has 0 aromatic rings. The molecule has 0 atom stereocenters. The third kappa shape index (κ3) is 8.71. The lowest BCUT2D eigenvalue weighted by Crippen LogP contribution is -2.01. The fraction of sp³-hybridized carbons (Fsp3) is 0. The summed E-state index contributed by atoms with van der Waals surface area (Å²) in [6.07, 6.45) is 13.5. The average molecular weight is 230 g/mol. The van der Waals surface area contributed by atoms with Gasteiger partial charge in [0.25, 0.3) is 0 Å². The Balaban J connectivity index is 4.52. The highest BCUT2D eigenvalue weighted by Crippen LogP contribution is 1.85. The van der Waals surface area contributed by atoms with Crippen LogP contribution in [0.3, 0.4) is 0 Å². The van der Waals surface area contributed by atoms with Crippen LogP contribution < -0.4 is 0 Å². The van der Waals surface area contributed by atoms with Gasteiger partial charge in [0.05, 0.1) is 0 Å². The molecule has 4 heteroatoms. The van der Waals surface area contributed by atoms with E-state index in [1.165, 1.54) is 0 Å². The summed E-state index contributed by atoms with van der Waals surface area (Å²) in [5.74, 6) is 17.6. The van der Waals surface area contributed by atoms with Gasteiger partial charge in [0, 0.05) is 23.7 Å². The van der Waals surface area contributed by atoms with Gasteiger partial charge in [-0.3, -0.25) is 0 Å². The fourth-order valence-electron chi connectivity index (χ4n) is 0.427. The zero-order valence-corrected chi connectivity index (χ0v) is 8.87. The Morgan fingerprint density at radius 1 is 0.889 bits per heavy atom. The summed E-state index contributed by atoms with van der Waals surface area (Å²) < 4.78 is 9.25. The third-order valence-corrected chi connectivity index (χ3v) is 0.905. The zero-order valence-electron chi connectivity index (χ0n) is 8.87. The molecule has 0 aliphatic heterocycles. The second kappa shape index (κ2) is 11.2. The summed E-state index contributed by atoms with van der Waals surface area (Å²) in [4.78, 5) is 2.68. The van der Waals surface area contributed by atoms with Crippen molar-refractivity contribution in [2.75, 3.05) is 0 Å². The Hall–Kier alpha value is -3.88. The molecule has 0 saturated carbocycles. The van der Waals surface area contributed by atoms with Crippen LogP contribution in [0.1, 0.15) is 0 Å². The molecule has 0 aliphatic rings. The summed E-state index contributed by atoms with van der Waals surface area (Å²) in [6, 6.07) is 0. The minimum Gasteiger partial charge on any atom is -0.350 e. The molecule has 0 bridgehead atoms. The van der Waals surface area contributed by atoms with Crippen LogP contribution in [-0.4, -0.2) is 6.08 Å². The molecule has 0 aliphatic carbocycles. The van der Waals surface area contributed by atoms with Gasteiger partial charge < -0.3 is 9.47 Å². The van der Waals surface area contributed by atoms with Crippen molar-refractivity contribution in [3.63, 3.8) is 0 Å². The molecule has 0 saturated heterocycles. The fourth-order valence-corrected chi connectivity index (χ4v) is 0.427. The van der Waals surface area contributed by atoms with E-state index in [2.05, 4.69) is 79.1 Å². The number of terminal acetylenes is 2. The molecule has 0 radical (unpaired) electrons. The lowest BCUT2D eigenvalue weighted by molar-refractivity contribution is 0.339. The molecule has 0 amide bonds. The normalized spacial score (nSPS) is 4.94. The lowest BCUT2D eigenvalue weighted by atomic mass is 10.6. The number of nitrogens with zero attached hydrogens (tertiary/aromatic N) is 2. The van der Waals surface area contributed by atoms with Crippen molar-refractivity contribution in [3.05, 3.63) is 11.5 Å². The van der Waals surface area contributed by atoms with Crippen LogP contribution in [0.2, 0.25) is 0 Å². The minimum absolute atomic E-state index is 0.449. The van der Waals surface area contributed by atoms with Gasteiger partial charge in [0.15, 0.2) is 5.10 Å². The maximum absolute atomic E-state index is 6.50. The van der Waals surface area contributed by atoms with Crippen molar-refractivity contribution in [2.45, 2.75) is 0 Å². The summed E-state index contributed by atoms with van der Waals surface area (Å²) in [7, 11) is 0. The summed E-state index contributed by atoms with van der Waals surface area (Å²) in [5.41, 5.74) is 0. The highest BCUT2D eigenvalue weighted by atomic mass is 16.7. The first kappa shape index (κ1) is 14.1. The molecular weight excluding hydrogens is 228 g/mol. The Kier molecular flexibility index (Phi) is 8.78. The van der Waals surface area contributed by atoms with E-state index in [0.29, 0.717) is 0 Å². The van der Waals surface area contributed by atoms with Crippen LogP contribution in [0.4, 0.5) is 0 Å². The molecule has 0 heterocycles. The Morgan fingerprint density at radius 3 is 1.78 bits per heavy atom. The van der Waals surface area contributed by atoms with Crippen molar-refractivity contribution >= 4 is 6.08 Å².